The van der Waals surface area contributed by atoms with Gasteiger partial charge in [0.2, 0.25) is 0 Å². The van der Waals surface area contributed by atoms with Crippen molar-refractivity contribution >= 4 is 115 Å². The normalized spacial score (nSPS) is 11.1. The monoisotopic (exact) mass is 2240 g/mol. The number of para-hydroxylation sites is 1. The molecule has 10 aromatic heterocycles. The summed E-state index contributed by atoms with van der Waals surface area (Å²) >= 11 is 1.83. The van der Waals surface area contributed by atoms with E-state index in [-0.39, 0.29) is 60.3 Å². The van der Waals surface area contributed by atoms with Crippen molar-refractivity contribution in [2.45, 2.75) is 93.0 Å². The molecule has 0 aliphatic rings. The van der Waals surface area contributed by atoms with Gasteiger partial charge in [-0.15, -0.1) is 179 Å². The van der Waals surface area contributed by atoms with Gasteiger partial charge in [0.1, 0.15) is 11.2 Å². The molecule has 20 aromatic rings. The molecule has 0 atom stereocenters. The Morgan fingerprint density at radius 3 is 1.18 bits per heavy atom. The van der Waals surface area contributed by atoms with Crippen LogP contribution in [0.4, 0.5) is 0 Å². The van der Waals surface area contributed by atoms with Crippen LogP contribution >= 0.6 is 11.3 Å². The number of fused-ring (bicyclic) bond motifs is 9. The van der Waals surface area contributed by atoms with Crippen molar-refractivity contribution in [2.24, 2.45) is 5.92 Å². The number of nitrogens with zero attached hydrogens (tertiary/aromatic N) is 7. The number of hydrogen-bond donors (Lipinski definition) is 0. The third-order valence-electron chi connectivity index (χ3n) is 21.1. The summed E-state index contributed by atoms with van der Waals surface area (Å²) in [6, 6.07) is 120. The van der Waals surface area contributed by atoms with Gasteiger partial charge in [0.25, 0.3) is 0 Å². The molecule has 10 heterocycles. The van der Waals surface area contributed by atoms with E-state index < -0.39 is 24.2 Å². The van der Waals surface area contributed by atoms with Crippen molar-refractivity contribution in [3.63, 3.8) is 0 Å². The fraction of sp³-hybridized carbons (Fsp3) is 0.136. The maximum atomic E-state index is 6.06. The van der Waals surface area contributed by atoms with Crippen molar-refractivity contribution in [1.82, 2.24) is 34.9 Å². The first kappa shape index (κ1) is 93.8. The third-order valence-corrected chi connectivity index (χ3v) is 28.3. The minimum absolute atomic E-state index is 0. The smallest absolute Gasteiger partial charge is 0.142 e. The summed E-state index contributed by atoms with van der Waals surface area (Å²) < 4.78 is 14.6. The molecule has 3 radical (unpaired) electrons. The fourth-order valence-corrected chi connectivity index (χ4v) is 20.7. The number of aromatic nitrogens is 7. The minimum Gasteiger partial charge on any atom is -0.500 e. The Morgan fingerprint density at radius 1 is 0.325 bits per heavy atom. The first-order valence-electron chi connectivity index (χ1n) is 41.7. The van der Waals surface area contributed by atoms with Crippen LogP contribution in [-0.4, -0.2) is 59.1 Å². The van der Waals surface area contributed by atoms with Gasteiger partial charge in [0.15, 0.2) is 0 Å². The average molecular weight is 2240 g/mol. The molecule has 0 unspecified atom stereocenters. The van der Waals surface area contributed by atoms with Gasteiger partial charge in [-0.1, -0.05) is 246 Å². The Bertz CT molecular complexity index is 6450. The van der Waals surface area contributed by atoms with Crippen LogP contribution in [0.3, 0.4) is 0 Å². The largest absolute Gasteiger partial charge is 0.500 e. The van der Waals surface area contributed by atoms with Crippen LogP contribution in [0.2, 0.25) is 58.9 Å². The number of thiophene rings is 1. The van der Waals surface area contributed by atoms with Crippen LogP contribution in [0.25, 0.3) is 154 Å². The van der Waals surface area contributed by atoms with Gasteiger partial charge in [0.05, 0.1) is 41.1 Å². The second kappa shape index (κ2) is 42.8. The molecule has 20 rings (SSSR count). The standard InChI is InChI=1S/C26H22NOSi.C26H22NSSi.C25H29N2OSi.3C11H8N.3Ir/c2*1-29(2,3)26-17-27-23(16-21(26)18-9-5-4-6-10-18)19-13-14-25-22(15-19)20-11-7-8-12-24(20)28-25;1-15(2)10-19-13-22(26-14-24(19)29(5,6)7)18-8-9-23-20(12-18)21-11-16(3)27-17(4)25(21)28-23;3*1-2-6-10(7-3-1)11-8-4-5-9-12-11;;;/h2*4-12,14-17H,1-3H3;9,11-15H,10H2,1-7H3;3*1-6,8-9H;;;/q6*-1;;;. The molecule has 16 heteroatoms. The Labute approximate surface area is 788 Å². The topological polar surface area (TPSA) is 117 Å². The van der Waals surface area contributed by atoms with Crippen molar-refractivity contribution < 1.29 is 69.2 Å². The van der Waals surface area contributed by atoms with E-state index in [1.165, 1.54) is 63.5 Å². The van der Waals surface area contributed by atoms with E-state index in [1.54, 1.807) is 18.6 Å². The van der Waals surface area contributed by atoms with Crippen LogP contribution in [0, 0.1) is 56.2 Å². The number of pyridine rings is 7. The molecule has 126 heavy (non-hydrogen) atoms. The zero-order valence-electron chi connectivity index (χ0n) is 72.9. The maximum absolute atomic E-state index is 6.06. The number of hydrogen-bond acceptors (Lipinski definition) is 10. The van der Waals surface area contributed by atoms with E-state index in [0.717, 1.165) is 129 Å². The molecule has 0 saturated heterocycles. The summed E-state index contributed by atoms with van der Waals surface area (Å²) in [7, 11) is -4.51. The van der Waals surface area contributed by atoms with E-state index in [4.69, 9.17) is 23.8 Å². The summed E-state index contributed by atoms with van der Waals surface area (Å²) in [5.41, 5.74) is 23.9. The molecule has 0 N–H and O–H groups in total. The molecule has 9 nitrogen and oxygen atoms in total. The van der Waals surface area contributed by atoms with Gasteiger partial charge in [-0.2, -0.15) is 11.3 Å². The van der Waals surface area contributed by atoms with Gasteiger partial charge in [-0.3, -0.25) is 4.98 Å². The zero-order chi connectivity index (χ0) is 85.6. The van der Waals surface area contributed by atoms with Crippen LogP contribution in [-0.2, 0) is 66.7 Å². The molecule has 635 valence electrons. The number of benzene rings is 10. The third kappa shape index (κ3) is 23.1. The zero-order valence-corrected chi connectivity index (χ0v) is 83.9. The van der Waals surface area contributed by atoms with E-state index in [1.807, 2.05) is 183 Å². The predicted molar refractivity (Wildman–Crippen MR) is 524 cm³/mol. The number of rotatable bonds is 13. The molecule has 0 aliphatic heterocycles. The van der Waals surface area contributed by atoms with Gasteiger partial charge in [-0.05, 0) is 145 Å². The molecular weight excluding hydrogens is 2140 g/mol. The van der Waals surface area contributed by atoms with Crippen molar-refractivity contribution in [1.29, 1.82) is 0 Å². The molecule has 0 bridgehead atoms. The SMILES string of the molecule is C[Si](C)(C)c1cnc(-c2[c-]cc3oc4ccccc4c3c2)cc1-c1ccccc1.C[Si](C)(C)c1cnc(-c2[c-]cc3sc4ccccc4c3c2)cc1-c1ccccc1.Cc1cc2c(oc3c[c-]c(-c4cc(CC(C)C)c([Si](C)(C)C)cn4)cc32)c(C)n1.[Ir].[Ir].[Ir].[c-]1ccccc1-c1ccccn1.[c-]1ccccc1-c1ccccn1.[c-]1ccccc1-c1ccccn1. The Balaban J connectivity index is 0.000000143. The molecule has 10 aromatic carbocycles. The first-order chi connectivity index (χ1) is 59.5. The van der Waals surface area contributed by atoms with E-state index in [2.05, 4.69) is 287 Å². The van der Waals surface area contributed by atoms with E-state index in [0.29, 0.717) is 5.92 Å². The second-order valence-corrected chi connectivity index (χ2v) is 50.1. The molecule has 0 saturated carbocycles. The summed E-state index contributed by atoms with van der Waals surface area (Å²) in [6.45, 7) is 30.0. The Morgan fingerprint density at radius 2 is 0.730 bits per heavy atom. The first-order valence-corrected chi connectivity index (χ1v) is 53.0. The van der Waals surface area contributed by atoms with Crippen molar-refractivity contribution in [3.05, 3.63) is 388 Å². The molecular formula is C110H97Ir3N7O2SSi3-6. The molecule has 0 fully saturated rings. The minimum atomic E-state index is -1.54. The quantitative estimate of drug-likeness (QED) is 0.0822. The van der Waals surface area contributed by atoms with Gasteiger partial charge in [0, 0.05) is 119 Å². The van der Waals surface area contributed by atoms with Crippen LogP contribution in [0.15, 0.2) is 343 Å². The summed E-state index contributed by atoms with van der Waals surface area (Å²) in [6.07, 6.45) is 12.7. The van der Waals surface area contributed by atoms with E-state index in [9.17, 15) is 0 Å². The average Bonchev–Trinajstić information content (AvgIpc) is 1.52. The fourth-order valence-electron chi connectivity index (χ4n) is 15.1. The van der Waals surface area contributed by atoms with Crippen molar-refractivity contribution in [2.75, 3.05) is 0 Å². The molecule has 0 aliphatic carbocycles. The maximum Gasteiger partial charge on any atom is 0.142 e. The summed E-state index contributed by atoms with van der Waals surface area (Å²) in [5, 5.41) is 11.3. The summed E-state index contributed by atoms with van der Waals surface area (Å²) in [5.74, 6) is 0.614. The van der Waals surface area contributed by atoms with Gasteiger partial charge >= 0.3 is 0 Å². The number of furan rings is 2. The van der Waals surface area contributed by atoms with E-state index >= 15 is 0 Å². The Hall–Kier alpha value is -11.3. The molecule has 0 amide bonds. The van der Waals surface area contributed by atoms with Crippen molar-refractivity contribution in [3.8, 4) is 89.8 Å². The number of aryl methyl sites for hydroxylation is 2. The van der Waals surface area contributed by atoms with Crippen LogP contribution < -0.4 is 15.6 Å². The van der Waals surface area contributed by atoms with Gasteiger partial charge < -0.3 is 38.7 Å². The Kier molecular flexibility index (Phi) is 31.8. The van der Waals surface area contributed by atoms with Crippen LogP contribution in [0.5, 0.6) is 0 Å². The second-order valence-electron chi connectivity index (χ2n) is 33.9. The van der Waals surface area contributed by atoms with Gasteiger partial charge in [-0.25, -0.2) is 0 Å². The predicted octanol–water partition coefficient (Wildman–Crippen LogP) is 27.6. The molecule has 0 spiro atoms. The summed E-state index contributed by atoms with van der Waals surface area (Å²) in [4.78, 5) is 31.8. The van der Waals surface area contributed by atoms with Crippen LogP contribution in [0.1, 0.15) is 30.8 Å².